The Morgan fingerprint density at radius 2 is 0.605 bits per heavy atom. The molecule has 1 saturated heterocycles. The summed E-state index contributed by atoms with van der Waals surface area (Å²) in [5.41, 5.74) is 9.01. The lowest BCUT2D eigenvalue weighted by Gasteiger charge is -2.52. The predicted octanol–water partition coefficient (Wildman–Crippen LogP) is 19.5. The first kappa shape index (κ1) is 32.5. The summed E-state index contributed by atoms with van der Waals surface area (Å²) in [6.07, 6.45) is 0. The van der Waals surface area contributed by atoms with Gasteiger partial charge in [0.1, 0.15) is 12.4 Å². The third-order valence-corrected chi connectivity index (χ3v) is 28.0. The first-order valence-corrected chi connectivity index (χ1v) is 30.2. The van der Waals surface area contributed by atoms with Gasteiger partial charge in [-0.05, 0) is 350 Å². The van der Waals surface area contributed by atoms with Crippen molar-refractivity contribution in [3.05, 3.63) is 82.4 Å². The molecule has 0 bridgehead atoms. The lowest BCUT2D eigenvalue weighted by atomic mass is 9.47. The SMILES string of the molecule is CN(CCOc1ccc(C2N(C)CC34c5c6c7c8c9c%10c(c%11c%12c3c3c5c5c%13c6c6c7c7c9c9c%14c%10c%10c%11c%11c%12c%12c3c3c5c5c%13c%13c6c6c7c9c7c9c%14c%10c%10c%11c%11c%12c3c3c5c5c%13c6c7c6c9c%10c%11c3c56)C824)cc1)c1ccccc1. The van der Waals surface area contributed by atoms with Gasteiger partial charge in [-0.2, -0.15) is 0 Å². The normalized spacial score (nSPS) is 22.2. The van der Waals surface area contributed by atoms with Crippen molar-refractivity contribution in [2.45, 2.75) is 16.9 Å². The largest absolute Gasteiger partial charge is 0.492 e. The van der Waals surface area contributed by atoms with Crippen molar-refractivity contribution in [1.29, 1.82) is 0 Å². The molecule has 3 heteroatoms. The lowest BCUT2D eigenvalue weighted by molar-refractivity contribution is 0.271. The van der Waals surface area contributed by atoms with Gasteiger partial charge < -0.3 is 9.64 Å². The Morgan fingerprint density at radius 3 is 0.889 bits per heavy atom. The molecule has 0 radical (unpaired) electrons. The van der Waals surface area contributed by atoms with E-state index >= 15 is 0 Å². The zero-order valence-corrected chi connectivity index (χ0v) is 42.7. The first-order chi connectivity index (χ1) is 40.2. The molecule has 5 aliphatic rings. The highest BCUT2D eigenvalue weighted by atomic mass is 16.5. The van der Waals surface area contributed by atoms with Gasteiger partial charge in [-0.15, -0.1) is 0 Å². The van der Waals surface area contributed by atoms with Gasteiger partial charge in [0.25, 0.3) is 0 Å². The van der Waals surface area contributed by atoms with Crippen molar-refractivity contribution in [3.8, 4) is 5.75 Å². The Labute approximate surface area is 447 Å². The van der Waals surface area contributed by atoms with Crippen LogP contribution in [0.3, 0.4) is 0 Å². The molecule has 1 atom stereocenters. The maximum absolute atomic E-state index is 6.73. The third kappa shape index (κ3) is 1.96. The molecule has 350 valence electrons. The maximum Gasteiger partial charge on any atom is 0.119 e. The fraction of sp³-hybridized carbons (Fsp3) is 0.103. The predicted molar refractivity (Wildman–Crippen MR) is 341 cm³/mol. The van der Waals surface area contributed by atoms with Crippen molar-refractivity contribution >= 4 is 297 Å². The van der Waals surface area contributed by atoms with Crippen molar-refractivity contribution in [1.82, 2.24) is 4.90 Å². The van der Waals surface area contributed by atoms with Gasteiger partial charge in [0.05, 0.1) is 17.4 Å². The Balaban J connectivity index is 0.913. The minimum atomic E-state index is -0.367. The first-order valence-electron chi connectivity index (χ1n) is 30.2. The van der Waals surface area contributed by atoms with Crippen LogP contribution in [-0.2, 0) is 10.8 Å². The number of hydrogen-bond donors (Lipinski definition) is 0. The van der Waals surface area contributed by atoms with E-state index in [1.165, 1.54) is 11.3 Å². The fourth-order valence-corrected chi connectivity index (χ4v) is 27.4. The van der Waals surface area contributed by atoms with E-state index in [1.54, 1.807) is 313 Å². The molecule has 1 fully saturated rings. The number of hydrogen-bond acceptors (Lipinski definition) is 3. The van der Waals surface area contributed by atoms with E-state index in [0.29, 0.717) is 6.61 Å². The van der Waals surface area contributed by atoms with Gasteiger partial charge in [-0.3, -0.25) is 4.90 Å². The van der Waals surface area contributed by atoms with Gasteiger partial charge in [0.2, 0.25) is 0 Å². The van der Waals surface area contributed by atoms with Crippen LogP contribution in [0.15, 0.2) is 54.6 Å². The molecule has 30 aromatic rings. The number of likely N-dealkylation sites (N-methyl/N-ethyl adjacent to an activating group) is 2. The van der Waals surface area contributed by atoms with E-state index in [4.69, 9.17) is 4.74 Å². The summed E-state index contributed by atoms with van der Waals surface area (Å²) >= 11 is 0. The number of para-hydroxylation sites is 1. The average Bonchev–Trinajstić information content (AvgIpc) is 1.56. The standard InChI is InChI=1S/C78H22N2O/c1-79(16-6-4-3-5-7-16)12-13-81-17-10-8-15(9-11-17)76-78-74-68-62-52-40-32-24-20-18-19-22-26(24)34(40)44-38-30(22)31-23(19)27-25-21(18)29-28(20)36-42(32)50-56-46(36)47-37(29)43-33(25)41-35(27)45-39(31)49-48(38)60(54(44)62)70(74)71-61(49)55(45)63-53(41)59-51(43)57(47)65-64(56)72(66(68)58(50)52)77(78,14-80(76)2)73(65)67(59)69(63)75(71)78/h3-11,76H,12-14H2,1-2H3. The second-order valence-corrected chi connectivity index (χ2v) is 29.0. The average molecular weight is 1000 g/mol. The molecule has 0 N–H and O–H groups in total. The lowest BCUT2D eigenvalue weighted by Crippen LogP contribution is -2.51. The van der Waals surface area contributed by atoms with Crippen LogP contribution >= 0.6 is 0 Å². The zero-order valence-electron chi connectivity index (χ0n) is 42.7. The molecule has 3 nitrogen and oxygen atoms in total. The van der Waals surface area contributed by atoms with E-state index in [1.807, 2.05) is 0 Å². The molecule has 0 amide bonds. The van der Waals surface area contributed by atoms with Gasteiger partial charge in [0, 0.05) is 25.3 Å². The summed E-state index contributed by atoms with van der Waals surface area (Å²) in [6, 6.07) is 20.6. The number of likely N-dealkylation sites (tertiary alicyclic amines) is 1. The van der Waals surface area contributed by atoms with Gasteiger partial charge >= 0.3 is 0 Å². The summed E-state index contributed by atoms with van der Waals surface area (Å²) < 4.78 is 6.73. The van der Waals surface area contributed by atoms with Crippen LogP contribution in [0.2, 0.25) is 0 Å². The summed E-state index contributed by atoms with van der Waals surface area (Å²) in [4.78, 5) is 5.25. The zero-order chi connectivity index (χ0) is 49.1. The molecule has 35 rings (SSSR count). The number of nitrogens with zero attached hydrogens (tertiary/aromatic N) is 2. The smallest absolute Gasteiger partial charge is 0.119 e. The minimum Gasteiger partial charge on any atom is -0.492 e. The van der Waals surface area contributed by atoms with Gasteiger partial charge in [-0.1, -0.05) is 30.3 Å². The van der Waals surface area contributed by atoms with Crippen LogP contribution in [0, 0.1) is 0 Å². The highest BCUT2D eigenvalue weighted by molar-refractivity contribution is 6.82. The topological polar surface area (TPSA) is 15.7 Å². The van der Waals surface area contributed by atoms with Crippen LogP contribution < -0.4 is 9.64 Å². The molecule has 81 heavy (non-hydrogen) atoms. The van der Waals surface area contributed by atoms with Crippen molar-refractivity contribution in [2.75, 3.05) is 38.7 Å². The quantitative estimate of drug-likeness (QED) is 0.154. The number of benzene rings is 20. The maximum atomic E-state index is 6.73. The van der Waals surface area contributed by atoms with E-state index in [-0.39, 0.29) is 16.9 Å². The fourth-order valence-electron chi connectivity index (χ4n) is 27.4. The van der Waals surface area contributed by atoms with Crippen molar-refractivity contribution < 1.29 is 4.74 Å². The van der Waals surface area contributed by atoms with Crippen molar-refractivity contribution in [2.24, 2.45) is 0 Å². The van der Waals surface area contributed by atoms with Crippen LogP contribution in [-0.4, -0.2) is 38.7 Å². The highest BCUT2D eigenvalue weighted by Gasteiger charge is 2.75. The highest BCUT2D eigenvalue weighted by Crippen LogP contribution is 2.87. The minimum absolute atomic E-state index is 0.103. The second-order valence-electron chi connectivity index (χ2n) is 29.0. The molecular weight excluding hydrogens is 981 g/mol. The van der Waals surface area contributed by atoms with E-state index in [2.05, 4.69) is 78.5 Å². The van der Waals surface area contributed by atoms with Crippen LogP contribution in [0.5, 0.6) is 5.75 Å². The van der Waals surface area contributed by atoms with E-state index < -0.39 is 0 Å². The molecule has 1 heterocycles. The van der Waals surface area contributed by atoms with Crippen LogP contribution in [0.4, 0.5) is 5.69 Å². The molecule has 30 aromatic carbocycles. The molecule has 0 saturated carbocycles. The van der Waals surface area contributed by atoms with E-state index in [9.17, 15) is 0 Å². The second kappa shape index (κ2) is 7.90. The van der Waals surface area contributed by atoms with Crippen molar-refractivity contribution in [3.63, 3.8) is 0 Å². The Hall–Kier alpha value is -9.54. The molecule has 0 aromatic heterocycles. The molecule has 1 unspecified atom stereocenters. The number of ether oxygens (including phenoxy) is 1. The molecule has 4 aliphatic carbocycles. The third-order valence-electron chi connectivity index (χ3n) is 28.0. The Morgan fingerprint density at radius 1 is 0.346 bits per heavy atom. The molecule has 1 aliphatic heterocycles. The monoisotopic (exact) mass is 1000 g/mol. The van der Waals surface area contributed by atoms with Gasteiger partial charge in [-0.25, -0.2) is 0 Å². The summed E-state index contributed by atoms with van der Waals surface area (Å²) in [5, 5.41) is 89.7. The summed E-state index contributed by atoms with van der Waals surface area (Å²) in [7, 11) is 4.75. The number of rotatable bonds is 6. The van der Waals surface area contributed by atoms with Crippen LogP contribution in [0.1, 0.15) is 33.9 Å². The molecular formula is C78H22N2O. The number of anilines is 1. The Bertz CT molecular complexity index is 7720. The van der Waals surface area contributed by atoms with Gasteiger partial charge in [0.15, 0.2) is 0 Å². The molecule has 2 spiro atoms. The Kier molecular flexibility index (Phi) is 3.17. The van der Waals surface area contributed by atoms with Crippen LogP contribution in [0.25, 0.3) is 291 Å². The summed E-state index contributed by atoms with van der Waals surface area (Å²) in [6.45, 7) is 2.47. The van der Waals surface area contributed by atoms with E-state index in [0.717, 1.165) is 18.8 Å². The summed E-state index contributed by atoms with van der Waals surface area (Å²) in [5.74, 6) is 0.967.